The fraction of sp³-hybridized carbons (Fsp3) is 0.364. The Labute approximate surface area is 87.5 Å². The zero-order valence-corrected chi connectivity index (χ0v) is 8.66. The van der Waals surface area contributed by atoms with Gasteiger partial charge < -0.3 is 14.6 Å². The maximum absolute atomic E-state index is 13.7. The summed E-state index contributed by atoms with van der Waals surface area (Å²) in [5, 5.41) is 9.86. The molecule has 3 nitrogen and oxygen atoms in total. The zero-order chi connectivity index (χ0) is 11.5. The van der Waals surface area contributed by atoms with Crippen LogP contribution < -0.4 is 4.74 Å². The van der Waals surface area contributed by atoms with Gasteiger partial charge in [-0.05, 0) is 13.0 Å². The third kappa shape index (κ3) is 2.33. The number of methoxy groups -OCH3 is 1. The molecule has 0 bridgehead atoms. The third-order valence-electron chi connectivity index (χ3n) is 2.24. The zero-order valence-electron chi connectivity index (χ0n) is 8.66. The number of hydrogen-bond acceptors (Lipinski definition) is 3. The fourth-order valence-electron chi connectivity index (χ4n) is 1.36. The van der Waals surface area contributed by atoms with Gasteiger partial charge in [0.2, 0.25) is 0 Å². The van der Waals surface area contributed by atoms with Gasteiger partial charge in [-0.15, -0.1) is 0 Å². The van der Waals surface area contributed by atoms with Crippen molar-refractivity contribution in [1.82, 2.24) is 0 Å². The summed E-state index contributed by atoms with van der Waals surface area (Å²) >= 11 is 0. The quantitative estimate of drug-likeness (QED) is 0.771. The summed E-state index contributed by atoms with van der Waals surface area (Å²) in [5.41, 5.74) is -1.44. The van der Waals surface area contributed by atoms with Gasteiger partial charge in [-0.3, -0.25) is 0 Å². The van der Waals surface area contributed by atoms with Crippen LogP contribution >= 0.6 is 0 Å². The molecule has 0 aliphatic rings. The van der Waals surface area contributed by atoms with Crippen LogP contribution in [0.2, 0.25) is 0 Å². The van der Waals surface area contributed by atoms with Crippen LogP contribution in [-0.4, -0.2) is 18.5 Å². The van der Waals surface area contributed by atoms with E-state index in [4.69, 9.17) is 4.74 Å². The Kier molecular flexibility index (Phi) is 3.42. The highest BCUT2D eigenvalue weighted by Gasteiger charge is 2.27. The molecular formula is C11H13FO3. The molecule has 15 heavy (non-hydrogen) atoms. The number of hydrogen-bond donors (Lipinski definition) is 1. The minimum atomic E-state index is -1.50. The largest absolute Gasteiger partial charge is 0.494 e. The Morgan fingerprint density at radius 1 is 1.60 bits per heavy atom. The molecule has 0 radical (unpaired) electrons. The summed E-state index contributed by atoms with van der Waals surface area (Å²) < 4.78 is 18.5. The van der Waals surface area contributed by atoms with Crippen LogP contribution in [0, 0.1) is 5.82 Å². The van der Waals surface area contributed by atoms with E-state index in [2.05, 4.69) is 0 Å². The van der Waals surface area contributed by atoms with Gasteiger partial charge in [-0.2, -0.15) is 0 Å². The van der Waals surface area contributed by atoms with Gasteiger partial charge in [0.1, 0.15) is 6.29 Å². The second kappa shape index (κ2) is 4.40. The molecule has 1 aromatic rings. The first-order valence-electron chi connectivity index (χ1n) is 4.52. The van der Waals surface area contributed by atoms with Crippen LogP contribution in [0.5, 0.6) is 5.75 Å². The van der Waals surface area contributed by atoms with E-state index in [9.17, 15) is 14.3 Å². The molecule has 1 N–H and O–H groups in total. The van der Waals surface area contributed by atoms with Gasteiger partial charge in [-0.1, -0.05) is 12.1 Å². The van der Waals surface area contributed by atoms with Crippen LogP contribution in [0.3, 0.4) is 0 Å². The van der Waals surface area contributed by atoms with E-state index in [-0.39, 0.29) is 17.7 Å². The molecule has 0 aliphatic heterocycles. The van der Waals surface area contributed by atoms with Crippen molar-refractivity contribution < 1.29 is 19.0 Å². The number of aldehydes is 1. The predicted octanol–water partition coefficient (Wildman–Crippen LogP) is 1.63. The summed E-state index contributed by atoms with van der Waals surface area (Å²) in [6.45, 7) is 1.39. The highest BCUT2D eigenvalue weighted by Crippen LogP contribution is 2.30. The van der Waals surface area contributed by atoms with Crippen LogP contribution in [0.25, 0.3) is 0 Å². The highest BCUT2D eigenvalue weighted by molar-refractivity contribution is 5.53. The van der Waals surface area contributed by atoms with Crippen molar-refractivity contribution in [2.45, 2.75) is 18.9 Å². The average molecular weight is 212 g/mol. The van der Waals surface area contributed by atoms with E-state index in [0.29, 0.717) is 6.29 Å². The van der Waals surface area contributed by atoms with Crippen molar-refractivity contribution in [2.75, 3.05) is 7.11 Å². The van der Waals surface area contributed by atoms with E-state index in [0.717, 1.165) is 0 Å². The first kappa shape index (κ1) is 11.7. The maximum Gasteiger partial charge on any atom is 0.171 e. The molecule has 4 heteroatoms. The third-order valence-corrected chi connectivity index (χ3v) is 2.24. The monoisotopic (exact) mass is 212 g/mol. The van der Waals surface area contributed by atoms with Crippen LogP contribution in [0.4, 0.5) is 4.39 Å². The molecule has 0 saturated carbocycles. The van der Waals surface area contributed by atoms with Gasteiger partial charge >= 0.3 is 0 Å². The Bertz CT molecular complexity index is 361. The van der Waals surface area contributed by atoms with Gasteiger partial charge in [0.05, 0.1) is 12.7 Å². The molecule has 0 aliphatic carbocycles. The normalized spacial score (nSPS) is 14.4. The molecular weight excluding hydrogens is 199 g/mol. The highest BCUT2D eigenvalue weighted by atomic mass is 19.1. The lowest BCUT2D eigenvalue weighted by atomic mass is 9.92. The lowest BCUT2D eigenvalue weighted by Crippen LogP contribution is -2.23. The summed E-state index contributed by atoms with van der Waals surface area (Å²) in [5.74, 6) is -0.578. The number of ether oxygens (including phenoxy) is 1. The Morgan fingerprint density at radius 3 is 2.80 bits per heavy atom. The summed E-state index contributed by atoms with van der Waals surface area (Å²) in [4.78, 5) is 10.3. The Balaban J connectivity index is 3.19. The molecule has 82 valence electrons. The van der Waals surface area contributed by atoms with E-state index in [1.807, 2.05) is 0 Å². The lowest BCUT2D eigenvalue weighted by molar-refractivity contribution is -0.112. The first-order chi connectivity index (χ1) is 7.03. The predicted molar refractivity (Wildman–Crippen MR) is 53.2 cm³/mol. The molecule has 0 aromatic heterocycles. The number of halogens is 1. The maximum atomic E-state index is 13.7. The topological polar surface area (TPSA) is 46.5 Å². The standard InChI is InChI=1S/C11H13FO3/c1-11(14,6-7-13)8-4-3-5-9(15-2)10(8)12/h3-5,7,14H,6H2,1-2H3. The van der Waals surface area contributed by atoms with Crippen molar-refractivity contribution in [3.63, 3.8) is 0 Å². The molecule has 0 fully saturated rings. The number of carbonyl (C=O) groups excluding carboxylic acids is 1. The lowest BCUT2D eigenvalue weighted by Gasteiger charge is -2.22. The van der Waals surface area contributed by atoms with Crippen molar-refractivity contribution in [2.24, 2.45) is 0 Å². The van der Waals surface area contributed by atoms with Crippen molar-refractivity contribution in [3.05, 3.63) is 29.6 Å². The van der Waals surface area contributed by atoms with Crippen LogP contribution in [-0.2, 0) is 10.4 Å². The Morgan fingerprint density at radius 2 is 2.27 bits per heavy atom. The molecule has 0 saturated heterocycles. The average Bonchev–Trinajstić information content (AvgIpc) is 2.17. The van der Waals surface area contributed by atoms with Gasteiger partial charge in [0.15, 0.2) is 11.6 Å². The van der Waals surface area contributed by atoms with Gasteiger partial charge in [-0.25, -0.2) is 4.39 Å². The summed E-state index contributed by atoms with van der Waals surface area (Å²) in [6.07, 6.45) is 0.399. The van der Waals surface area contributed by atoms with Crippen LogP contribution in [0.15, 0.2) is 18.2 Å². The Hall–Kier alpha value is -1.42. The molecule has 0 spiro atoms. The van der Waals surface area contributed by atoms with Gasteiger partial charge in [0, 0.05) is 12.0 Å². The number of aliphatic hydroxyl groups is 1. The number of benzene rings is 1. The van der Waals surface area contributed by atoms with E-state index < -0.39 is 11.4 Å². The second-order valence-electron chi connectivity index (χ2n) is 3.47. The molecule has 1 rings (SSSR count). The van der Waals surface area contributed by atoms with E-state index in [1.54, 1.807) is 6.07 Å². The number of carbonyl (C=O) groups is 1. The minimum absolute atomic E-state index is 0.0543. The molecule has 0 heterocycles. The van der Waals surface area contributed by atoms with E-state index in [1.165, 1.54) is 26.2 Å². The smallest absolute Gasteiger partial charge is 0.171 e. The summed E-state index contributed by atoms with van der Waals surface area (Å²) in [6, 6.07) is 4.45. The SMILES string of the molecule is COc1cccc(C(C)(O)CC=O)c1F. The van der Waals surface area contributed by atoms with Crippen molar-refractivity contribution in [1.29, 1.82) is 0 Å². The second-order valence-corrected chi connectivity index (χ2v) is 3.47. The van der Waals surface area contributed by atoms with Crippen molar-refractivity contribution >= 4 is 6.29 Å². The van der Waals surface area contributed by atoms with Crippen LogP contribution in [0.1, 0.15) is 18.9 Å². The van der Waals surface area contributed by atoms with Gasteiger partial charge in [0.25, 0.3) is 0 Å². The molecule has 1 unspecified atom stereocenters. The number of rotatable bonds is 4. The fourth-order valence-corrected chi connectivity index (χ4v) is 1.36. The minimum Gasteiger partial charge on any atom is -0.494 e. The van der Waals surface area contributed by atoms with Crippen molar-refractivity contribution in [3.8, 4) is 5.75 Å². The summed E-state index contributed by atoms with van der Waals surface area (Å²) in [7, 11) is 1.34. The molecule has 1 aromatic carbocycles. The first-order valence-corrected chi connectivity index (χ1v) is 4.52. The van der Waals surface area contributed by atoms with E-state index >= 15 is 0 Å². The molecule has 1 atom stereocenters. The molecule has 0 amide bonds.